The first-order valence-electron chi connectivity index (χ1n) is 5.96. The standard InChI is InChI=1S/C14H11N3OS2/c1-9(18)17-14-8-15-10(7-16-14)11-4-5-13(20-11)12-3-2-6-19-12/h2-8H,1H3,(H,16,17,18). The molecule has 0 fully saturated rings. The van der Waals surface area contributed by atoms with E-state index >= 15 is 0 Å². The van der Waals surface area contributed by atoms with Gasteiger partial charge in [-0.2, -0.15) is 0 Å². The summed E-state index contributed by atoms with van der Waals surface area (Å²) in [4.78, 5) is 23.0. The monoisotopic (exact) mass is 301 g/mol. The van der Waals surface area contributed by atoms with Crippen LogP contribution in [0.5, 0.6) is 0 Å². The smallest absolute Gasteiger partial charge is 0.222 e. The van der Waals surface area contributed by atoms with Gasteiger partial charge < -0.3 is 5.32 Å². The molecule has 1 amide bonds. The molecule has 3 aromatic rings. The Labute approximate surface area is 124 Å². The van der Waals surface area contributed by atoms with E-state index < -0.39 is 0 Å². The molecule has 3 aromatic heterocycles. The Balaban J connectivity index is 1.84. The number of amides is 1. The molecule has 1 N–H and O–H groups in total. The zero-order valence-corrected chi connectivity index (χ0v) is 12.3. The van der Waals surface area contributed by atoms with Gasteiger partial charge in [-0.3, -0.25) is 4.79 Å². The minimum absolute atomic E-state index is 0.150. The molecule has 20 heavy (non-hydrogen) atoms. The van der Waals surface area contributed by atoms with Gasteiger partial charge in [0, 0.05) is 16.7 Å². The summed E-state index contributed by atoms with van der Waals surface area (Å²) in [5, 5.41) is 4.67. The third-order valence-electron chi connectivity index (χ3n) is 2.58. The van der Waals surface area contributed by atoms with E-state index in [-0.39, 0.29) is 5.91 Å². The topological polar surface area (TPSA) is 54.9 Å². The summed E-state index contributed by atoms with van der Waals surface area (Å²) in [5.74, 6) is 0.319. The van der Waals surface area contributed by atoms with Crippen molar-refractivity contribution in [3.63, 3.8) is 0 Å². The number of nitrogens with one attached hydrogen (secondary N) is 1. The average Bonchev–Trinajstić information content (AvgIpc) is 3.10. The molecule has 0 aliphatic heterocycles. The van der Waals surface area contributed by atoms with Crippen molar-refractivity contribution < 1.29 is 4.79 Å². The Kier molecular flexibility index (Phi) is 3.58. The molecule has 0 atom stereocenters. The van der Waals surface area contributed by atoms with Gasteiger partial charge in [-0.25, -0.2) is 9.97 Å². The quantitative estimate of drug-likeness (QED) is 0.798. The van der Waals surface area contributed by atoms with Gasteiger partial charge in [-0.1, -0.05) is 6.07 Å². The second-order valence-corrected chi connectivity index (χ2v) is 6.14. The predicted molar refractivity (Wildman–Crippen MR) is 83.0 cm³/mol. The number of hydrogen-bond donors (Lipinski definition) is 1. The van der Waals surface area contributed by atoms with Gasteiger partial charge in [-0.05, 0) is 23.6 Å². The summed E-state index contributed by atoms with van der Waals surface area (Å²) in [5.41, 5.74) is 0.812. The molecule has 0 aliphatic carbocycles. The number of thiophene rings is 2. The van der Waals surface area contributed by atoms with Gasteiger partial charge in [0.2, 0.25) is 5.91 Å². The van der Waals surface area contributed by atoms with Crippen molar-refractivity contribution in [3.8, 4) is 20.3 Å². The van der Waals surface area contributed by atoms with E-state index in [1.165, 1.54) is 16.7 Å². The largest absolute Gasteiger partial charge is 0.310 e. The molecule has 0 saturated heterocycles. The van der Waals surface area contributed by atoms with E-state index in [4.69, 9.17) is 0 Å². The molecule has 0 radical (unpaired) electrons. The second-order valence-electron chi connectivity index (χ2n) is 4.11. The van der Waals surface area contributed by atoms with Crippen molar-refractivity contribution in [2.45, 2.75) is 6.92 Å². The number of hydrogen-bond acceptors (Lipinski definition) is 5. The van der Waals surface area contributed by atoms with Crippen LogP contribution in [-0.4, -0.2) is 15.9 Å². The minimum Gasteiger partial charge on any atom is -0.310 e. The van der Waals surface area contributed by atoms with Crippen LogP contribution >= 0.6 is 22.7 Å². The molecule has 0 bridgehead atoms. The zero-order valence-electron chi connectivity index (χ0n) is 10.7. The Morgan fingerprint density at radius 2 is 1.95 bits per heavy atom. The van der Waals surface area contributed by atoms with Crippen molar-refractivity contribution in [2.75, 3.05) is 5.32 Å². The molecule has 0 unspecified atom stereocenters. The lowest BCUT2D eigenvalue weighted by atomic mass is 10.3. The lowest BCUT2D eigenvalue weighted by molar-refractivity contribution is -0.114. The third kappa shape index (κ3) is 2.76. The SMILES string of the molecule is CC(=O)Nc1cnc(-c2ccc(-c3cccs3)s2)cn1. The molecule has 0 aromatic carbocycles. The molecular formula is C14H11N3OS2. The van der Waals surface area contributed by atoms with Gasteiger partial charge in [0.05, 0.1) is 23.0 Å². The predicted octanol–water partition coefficient (Wildman–Crippen LogP) is 3.89. The highest BCUT2D eigenvalue weighted by Crippen LogP contribution is 2.35. The van der Waals surface area contributed by atoms with Crippen LogP contribution in [0.4, 0.5) is 5.82 Å². The van der Waals surface area contributed by atoms with Crippen molar-refractivity contribution in [1.29, 1.82) is 0 Å². The van der Waals surface area contributed by atoms with Crippen LogP contribution < -0.4 is 5.32 Å². The summed E-state index contributed by atoms with van der Waals surface area (Å²) in [6, 6.07) is 8.28. The van der Waals surface area contributed by atoms with Crippen LogP contribution in [0.3, 0.4) is 0 Å². The highest BCUT2D eigenvalue weighted by molar-refractivity contribution is 7.23. The van der Waals surface area contributed by atoms with Crippen LogP contribution in [0.15, 0.2) is 42.0 Å². The Morgan fingerprint density at radius 3 is 2.60 bits per heavy atom. The van der Waals surface area contributed by atoms with Crippen LogP contribution in [0.1, 0.15) is 6.92 Å². The molecule has 100 valence electrons. The summed E-state index contributed by atoms with van der Waals surface area (Å²) in [6.07, 6.45) is 3.25. The van der Waals surface area contributed by atoms with E-state index in [1.54, 1.807) is 35.1 Å². The van der Waals surface area contributed by atoms with Crippen molar-refractivity contribution in [1.82, 2.24) is 9.97 Å². The van der Waals surface area contributed by atoms with Gasteiger partial charge in [0.1, 0.15) is 0 Å². The normalized spacial score (nSPS) is 10.4. The zero-order chi connectivity index (χ0) is 13.9. The first kappa shape index (κ1) is 13.0. The van der Waals surface area contributed by atoms with Crippen molar-refractivity contribution in [3.05, 3.63) is 42.0 Å². The van der Waals surface area contributed by atoms with Crippen molar-refractivity contribution >= 4 is 34.4 Å². The number of carbonyl (C=O) groups excluding carboxylic acids is 1. The molecule has 0 aliphatic rings. The number of rotatable bonds is 3. The van der Waals surface area contributed by atoms with Gasteiger partial charge in [-0.15, -0.1) is 22.7 Å². The van der Waals surface area contributed by atoms with Crippen molar-refractivity contribution in [2.24, 2.45) is 0 Å². The second kappa shape index (κ2) is 5.52. The Bertz CT molecular complexity index is 717. The fourth-order valence-electron chi connectivity index (χ4n) is 1.73. The van der Waals surface area contributed by atoms with E-state index in [9.17, 15) is 4.79 Å². The fourth-order valence-corrected chi connectivity index (χ4v) is 3.53. The summed E-state index contributed by atoms with van der Waals surface area (Å²) in [6.45, 7) is 1.45. The fraction of sp³-hybridized carbons (Fsp3) is 0.0714. The molecule has 3 heterocycles. The molecule has 0 spiro atoms. The highest BCUT2D eigenvalue weighted by Gasteiger charge is 2.07. The lowest BCUT2D eigenvalue weighted by Crippen LogP contribution is -2.07. The van der Waals surface area contributed by atoms with E-state index in [2.05, 4.69) is 32.8 Å². The molecule has 6 heteroatoms. The first-order valence-corrected chi connectivity index (χ1v) is 7.66. The molecule has 4 nitrogen and oxygen atoms in total. The first-order chi connectivity index (χ1) is 9.72. The van der Waals surface area contributed by atoms with Gasteiger partial charge in [0.15, 0.2) is 5.82 Å². The Hall–Kier alpha value is -2.05. The summed E-state index contributed by atoms with van der Waals surface area (Å²) >= 11 is 3.40. The minimum atomic E-state index is -0.150. The average molecular weight is 301 g/mol. The van der Waals surface area contributed by atoms with Gasteiger partial charge >= 0.3 is 0 Å². The number of nitrogens with zero attached hydrogens (tertiary/aromatic N) is 2. The third-order valence-corrected chi connectivity index (χ3v) is 4.75. The lowest BCUT2D eigenvalue weighted by Gasteiger charge is -2.01. The number of aromatic nitrogens is 2. The van der Waals surface area contributed by atoms with E-state index in [1.807, 2.05) is 12.1 Å². The maximum atomic E-state index is 10.9. The van der Waals surface area contributed by atoms with Crippen LogP contribution in [0.25, 0.3) is 20.3 Å². The molecule has 3 rings (SSSR count). The highest BCUT2D eigenvalue weighted by atomic mass is 32.1. The molecular weight excluding hydrogens is 290 g/mol. The number of anilines is 1. The van der Waals surface area contributed by atoms with E-state index in [0.717, 1.165) is 10.6 Å². The number of carbonyl (C=O) groups is 1. The van der Waals surface area contributed by atoms with Gasteiger partial charge in [0.25, 0.3) is 0 Å². The molecule has 0 saturated carbocycles. The summed E-state index contributed by atoms with van der Waals surface area (Å²) < 4.78 is 0. The van der Waals surface area contributed by atoms with Crippen LogP contribution in [0.2, 0.25) is 0 Å². The Morgan fingerprint density at radius 1 is 1.10 bits per heavy atom. The maximum Gasteiger partial charge on any atom is 0.222 e. The summed E-state index contributed by atoms with van der Waals surface area (Å²) in [7, 11) is 0. The van der Waals surface area contributed by atoms with Crippen LogP contribution in [-0.2, 0) is 4.79 Å². The maximum absolute atomic E-state index is 10.9. The van der Waals surface area contributed by atoms with E-state index in [0.29, 0.717) is 5.82 Å². The van der Waals surface area contributed by atoms with Crippen LogP contribution in [0, 0.1) is 0 Å².